The third-order valence-corrected chi connectivity index (χ3v) is 2.52. The highest BCUT2D eigenvalue weighted by Gasteiger charge is 2.17. The second-order valence-corrected chi connectivity index (χ2v) is 4.04. The van der Waals surface area contributed by atoms with E-state index in [-0.39, 0.29) is 5.97 Å². The molecule has 0 radical (unpaired) electrons. The van der Waals surface area contributed by atoms with Crippen LogP contribution in [0.2, 0.25) is 0 Å². The molecule has 0 aromatic carbocycles. The van der Waals surface area contributed by atoms with Gasteiger partial charge >= 0.3 is 5.97 Å². The van der Waals surface area contributed by atoms with Crippen LogP contribution in [0.3, 0.4) is 0 Å². The number of carbonyl (C=O) groups is 1. The van der Waals surface area contributed by atoms with E-state index < -0.39 is 0 Å². The van der Waals surface area contributed by atoms with E-state index in [4.69, 9.17) is 4.74 Å². The lowest BCUT2D eigenvalue weighted by atomic mass is 10.1. The fourth-order valence-corrected chi connectivity index (χ4v) is 1.70. The molecule has 0 saturated heterocycles. The van der Waals surface area contributed by atoms with Gasteiger partial charge < -0.3 is 4.74 Å². The van der Waals surface area contributed by atoms with E-state index in [0.717, 1.165) is 5.69 Å². The van der Waals surface area contributed by atoms with Crippen molar-refractivity contribution in [2.45, 2.75) is 26.7 Å². The number of nitrogens with zero attached hydrogens (tertiary/aromatic N) is 3. The van der Waals surface area contributed by atoms with Gasteiger partial charge in [-0.15, -0.1) is 0 Å². The summed E-state index contributed by atoms with van der Waals surface area (Å²) in [6, 6.07) is 1.90. The molecule has 2 aromatic heterocycles. The summed E-state index contributed by atoms with van der Waals surface area (Å²) in [5.41, 5.74) is 1.98. The molecule has 2 rings (SSSR count). The quantitative estimate of drug-likeness (QED) is 0.761. The van der Waals surface area contributed by atoms with Gasteiger partial charge in [-0.2, -0.15) is 5.10 Å². The van der Waals surface area contributed by atoms with Crippen LogP contribution < -0.4 is 0 Å². The van der Waals surface area contributed by atoms with Crippen molar-refractivity contribution in [2.24, 2.45) is 0 Å². The highest BCUT2D eigenvalue weighted by atomic mass is 16.5. The molecule has 5 heteroatoms. The highest BCUT2D eigenvalue weighted by molar-refractivity contribution is 5.95. The zero-order valence-corrected chi connectivity index (χ0v) is 10.2. The smallest absolute Gasteiger partial charge is 0.343 e. The Hall–Kier alpha value is -1.91. The number of aromatic nitrogens is 3. The Balaban J connectivity index is 2.55. The lowest BCUT2D eigenvalue weighted by molar-refractivity contribution is 0.0528. The molecular weight excluding hydrogens is 218 g/mol. The van der Waals surface area contributed by atoms with Crippen LogP contribution in [0.15, 0.2) is 18.5 Å². The van der Waals surface area contributed by atoms with Crippen LogP contribution in [0.4, 0.5) is 0 Å². The largest absolute Gasteiger partial charge is 0.462 e. The van der Waals surface area contributed by atoms with Gasteiger partial charge in [-0.3, -0.25) is 0 Å². The van der Waals surface area contributed by atoms with Crippen LogP contribution in [-0.4, -0.2) is 27.2 Å². The molecular formula is C12H15N3O2. The van der Waals surface area contributed by atoms with Crippen LogP contribution in [0.25, 0.3) is 5.65 Å². The van der Waals surface area contributed by atoms with E-state index in [1.807, 2.05) is 6.07 Å². The van der Waals surface area contributed by atoms with E-state index in [1.165, 1.54) is 6.20 Å². The van der Waals surface area contributed by atoms with Gasteiger partial charge in [0.2, 0.25) is 0 Å². The Bertz CT molecular complexity index is 546. The topological polar surface area (TPSA) is 56.5 Å². The van der Waals surface area contributed by atoms with Gasteiger partial charge in [0.1, 0.15) is 5.56 Å². The summed E-state index contributed by atoms with van der Waals surface area (Å²) in [6.07, 6.45) is 3.20. The first-order chi connectivity index (χ1) is 8.15. The first-order valence-electron chi connectivity index (χ1n) is 5.65. The van der Waals surface area contributed by atoms with Crippen LogP contribution >= 0.6 is 0 Å². The Kier molecular flexibility index (Phi) is 3.08. The molecule has 5 nitrogen and oxygen atoms in total. The predicted octanol–water partition coefficient (Wildman–Crippen LogP) is 2.03. The predicted molar refractivity (Wildman–Crippen MR) is 63.0 cm³/mol. The fourth-order valence-electron chi connectivity index (χ4n) is 1.70. The van der Waals surface area contributed by atoms with Gasteiger partial charge in [-0.1, -0.05) is 13.8 Å². The molecule has 0 fully saturated rings. The van der Waals surface area contributed by atoms with Crippen molar-refractivity contribution >= 4 is 11.6 Å². The van der Waals surface area contributed by atoms with Gasteiger partial charge in [-0.25, -0.2) is 14.3 Å². The minimum atomic E-state index is -0.379. The number of carbonyl (C=O) groups excluding carboxylic acids is 1. The molecule has 0 bridgehead atoms. The van der Waals surface area contributed by atoms with Crippen molar-refractivity contribution in [1.82, 2.24) is 14.6 Å². The minimum absolute atomic E-state index is 0.315. The number of hydrogen-bond acceptors (Lipinski definition) is 4. The summed E-state index contributed by atoms with van der Waals surface area (Å²) < 4.78 is 6.65. The summed E-state index contributed by atoms with van der Waals surface area (Å²) in [4.78, 5) is 15.9. The van der Waals surface area contributed by atoms with Crippen molar-refractivity contribution < 1.29 is 9.53 Å². The zero-order valence-electron chi connectivity index (χ0n) is 10.2. The van der Waals surface area contributed by atoms with Crippen LogP contribution in [0.1, 0.15) is 42.7 Å². The molecule has 0 aliphatic carbocycles. The average Bonchev–Trinajstić information content (AvgIpc) is 2.72. The summed E-state index contributed by atoms with van der Waals surface area (Å²) in [5, 5.41) is 4.20. The molecule has 2 heterocycles. The van der Waals surface area contributed by atoms with Gasteiger partial charge in [0.15, 0.2) is 5.65 Å². The third-order valence-electron chi connectivity index (χ3n) is 2.52. The van der Waals surface area contributed by atoms with Crippen LogP contribution in [-0.2, 0) is 4.74 Å². The maximum absolute atomic E-state index is 11.7. The number of fused-ring (bicyclic) bond motifs is 1. The molecule has 0 aliphatic rings. The van der Waals surface area contributed by atoms with Gasteiger partial charge in [-0.05, 0) is 18.9 Å². The van der Waals surface area contributed by atoms with Gasteiger partial charge in [0, 0.05) is 11.9 Å². The minimum Gasteiger partial charge on any atom is -0.462 e. The van der Waals surface area contributed by atoms with Crippen LogP contribution in [0.5, 0.6) is 0 Å². The highest BCUT2D eigenvalue weighted by Crippen LogP contribution is 2.17. The fraction of sp³-hybridized carbons (Fsp3) is 0.417. The van der Waals surface area contributed by atoms with E-state index in [0.29, 0.717) is 23.7 Å². The molecule has 2 aromatic rings. The summed E-state index contributed by atoms with van der Waals surface area (Å²) >= 11 is 0. The Morgan fingerprint density at radius 1 is 1.53 bits per heavy atom. The Labute approximate surface area is 99.4 Å². The normalized spacial score (nSPS) is 11.1. The molecule has 0 amide bonds. The van der Waals surface area contributed by atoms with E-state index in [9.17, 15) is 4.79 Å². The van der Waals surface area contributed by atoms with Crippen molar-refractivity contribution in [2.75, 3.05) is 6.61 Å². The molecule has 0 saturated carbocycles. The number of ether oxygens (including phenoxy) is 1. The molecule has 0 spiro atoms. The van der Waals surface area contributed by atoms with Crippen LogP contribution in [0, 0.1) is 0 Å². The second-order valence-electron chi connectivity index (χ2n) is 4.04. The summed E-state index contributed by atoms with van der Waals surface area (Å²) in [7, 11) is 0. The first kappa shape index (κ1) is 11.6. The number of esters is 1. The molecule has 0 aliphatic heterocycles. The number of hydrogen-bond donors (Lipinski definition) is 0. The summed E-state index contributed by atoms with van der Waals surface area (Å²) in [6.45, 7) is 6.26. The van der Waals surface area contributed by atoms with Crippen molar-refractivity contribution in [3.63, 3.8) is 0 Å². The Morgan fingerprint density at radius 2 is 2.29 bits per heavy atom. The zero-order chi connectivity index (χ0) is 12.4. The molecule has 90 valence electrons. The van der Waals surface area contributed by atoms with Crippen molar-refractivity contribution in [3.05, 3.63) is 29.7 Å². The second kappa shape index (κ2) is 4.53. The maximum atomic E-state index is 11.7. The van der Waals surface area contributed by atoms with Crippen molar-refractivity contribution in [1.29, 1.82) is 0 Å². The maximum Gasteiger partial charge on any atom is 0.343 e. The molecule has 0 atom stereocenters. The molecule has 17 heavy (non-hydrogen) atoms. The van der Waals surface area contributed by atoms with Gasteiger partial charge in [0.25, 0.3) is 0 Å². The number of rotatable bonds is 3. The molecule has 0 unspecified atom stereocenters. The monoisotopic (exact) mass is 233 g/mol. The molecule has 0 N–H and O–H groups in total. The average molecular weight is 233 g/mol. The lowest BCUT2D eigenvalue weighted by Gasteiger charge is -2.07. The van der Waals surface area contributed by atoms with E-state index in [2.05, 4.69) is 23.9 Å². The Morgan fingerprint density at radius 3 is 2.94 bits per heavy atom. The van der Waals surface area contributed by atoms with Gasteiger partial charge in [0.05, 0.1) is 12.8 Å². The standard InChI is InChI=1S/C12H15N3O2/c1-4-17-12(16)9-7-14-15-10(8(2)3)5-6-13-11(9)15/h5-8H,4H2,1-3H3. The van der Waals surface area contributed by atoms with E-state index in [1.54, 1.807) is 17.6 Å². The third kappa shape index (κ3) is 2.00. The van der Waals surface area contributed by atoms with E-state index >= 15 is 0 Å². The summed E-state index contributed by atoms with van der Waals surface area (Å²) in [5.74, 6) is -0.0636. The SMILES string of the molecule is CCOC(=O)c1cnn2c(C(C)C)ccnc12. The first-order valence-corrected chi connectivity index (χ1v) is 5.65. The van der Waals surface area contributed by atoms with Crippen molar-refractivity contribution in [3.8, 4) is 0 Å². The lowest BCUT2D eigenvalue weighted by Crippen LogP contribution is -2.06.